The number of hydrogen-bond acceptors (Lipinski definition) is 3. The van der Waals surface area contributed by atoms with Crippen molar-refractivity contribution in [2.24, 2.45) is 0 Å². The highest BCUT2D eigenvalue weighted by Gasteiger charge is 2.17. The first-order chi connectivity index (χ1) is 11.6. The zero-order valence-electron chi connectivity index (χ0n) is 15.4. The molecule has 0 rings (SSSR count). The summed E-state index contributed by atoms with van der Waals surface area (Å²) < 4.78 is 0. The van der Waals surface area contributed by atoms with Crippen molar-refractivity contribution in [2.75, 3.05) is 5.75 Å². The Morgan fingerprint density at radius 1 is 0.833 bits per heavy atom. The van der Waals surface area contributed by atoms with E-state index in [0.29, 0.717) is 6.42 Å². The summed E-state index contributed by atoms with van der Waals surface area (Å²) in [5.74, 6) is -1.08. The molecular weight excluding hydrogens is 322 g/mol. The molecular formula is C19H37NO3S. The van der Waals surface area contributed by atoms with Crippen LogP contribution in [0.2, 0.25) is 0 Å². The molecule has 142 valence electrons. The van der Waals surface area contributed by atoms with Crippen LogP contribution in [0.15, 0.2) is 0 Å². The minimum Gasteiger partial charge on any atom is -0.480 e. The van der Waals surface area contributed by atoms with Crippen LogP contribution in [0.1, 0.15) is 96.8 Å². The maximum absolute atomic E-state index is 11.6. The third kappa shape index (κ3) is 14.9. The van der Waals surface area contributed by atoms with Gasteiger partial charge < -0.3 is 10.4 Å². The molecule has 0 bridgehead atoms. The summed E-state index contributed by atoms with van der Waals surface area (Å²) >= 11 is 3.93. The minimum atomic E-state index is -1.02. The summed E-state index contributed by atoms with van der Waals surface area (Å²) in [6.45, 7) is 2.25. The van der Waals surface area contributed by atoms with Crippen LogP contribution in [0.4, 0.5) is 0 Å². The molecule has 0 aromatic heterocycles. The van der Waals surface area contributed by atoms with Gasteiger partial charge in [0.2, 0.25) is 5.91 Å². The largest absolute Gasteiger partial charge is 0.480 e. The number of nitrogens with one attached hydrogen (secondary N) is 1. The second-order valence-electron chi connectivity index (χ2n) is 6.63. The molecule has 0 aliphatic heterocycles. The Balaban J connectivity index is 3.30. The highest BCUT2D eigenvalue weighted by Crippen LogP contribution is 2.12. The van der Waals surface area contributed by atoms with E-state index in [1.54, 1.807) is 0 Å². The number of carboxylic acids is 1. The van der Waals surface area contributed by atoms with Crippen molar-refractivity contribution in [3.63, 3.8) is 0 Å². The van der Waals surface area contributed by atoms with Crippen LogP contribution >= 0.6 is 12.6 Å². The third-order valence-electron chi connectivity index (χ3n) is 4.32. The summed E-state index contributed by atoms with van der Waals surface area (Å²) in [5.41, 5.74) is 0. The molecule has 2 N–H and O–H groups in total. The molecule has 24 heavy (non-hydrogen) atoms. The number of carboxylic acid groups (broad SMARTS) is 1. The number of thiol groups is 1. The number of carbonyl (C=O) groups excluding carboxylic acids is 1. The SMILES string of the molecule is CCCCCCCCCCCCCCCC(=O)N[C@@H](CS)C(=O)O. The van der Waals surface area contributed by atoms with Gasteiger partial charge in [0, 0.05) is 12.2 Å². The Hall–Kier alpha value is -0.710. The summed E-state index contributed by atoms with van der Waals surface area (Å²) in [6.07, 6.45) is 16.9. The van der Waals surface area contributed by atoms with Crippen molar-refractivity contribution in [1.82, 2.24) is 5.32 Å². The predicted octanol–water partition coefficient (Wildman–Crippen LogP) is 4.97. The molecule has 0 saturated heterocycles. The van der Waals surface area contributed by atoms with Crippen LogP contribution in [0.3, 0.4) is 0 Å². The van der Waals surface area contributed by atoms with E-state index in [-0.39, 0.29) is 11.7 Å². The number of unbranched alkanes of at least 4 members (excludes halogenated alkanes) is 12. The minimum absolute atomic E-state index is 0.125. The second kappa shape index (κ2) is 17.1. The van der Waals surface area contributed by atoms with Crippen molar-refractivity contribution in [2.45, 2.75) is 103 Å². The molecule has 0 aliphatic carbocycles. The van der Waals surface area contributed by atoms with Gasteiger partial charge in [0.15, 0.2) is 0 Å². The van der Waals surface area contributed by atoms with Gasteiger partial charge in [-0.1, -0.05) is 84.0 Å². The van der Waals surface area contributed by atoms with Crippen molar-refractivity contribution >= 4 is 24.5 Å². The fraction of sp³-hybridized carbons (Fsp3) is 0.895. The molecule has 4 nitrogen and oxygen atoms in total. The van der Waals surface area contributed by atoms with E-state index < -0.39 is 12.0 Å². The Morgan fingerprint density at radius 3 is 1.62 bits per heavy atom. The maximum Gasteiger partial charge on any atom is 0.327 e. The van der Waals surface area contributed by atoms with Gasteiger partial charge in [0.25, 0.3) is 0 Å². The van der Waals surface area contributed by atoms with Crippen LogP contribution in [0.25, 0.3) is 0 Å². The lowest BCUT2D eigenvalue weighted by Crippen LogP contribution is -2.42. The summed E-state index contributed by atoms with van der Waals surface area (Å²) in [7, 11) is 0. The molecule has 5 heteroatoms. The van der Waals surface area contributed by atoms with Gasteiger partial charge in [-0.15, -0.1) is 0 Å². The van der Waals surface area contributed by atoms with Gasteiger partial charge in [-0.3, -0.25) is 4.79 Å². The Kier molecular flexibility index (Phi) is 16.6. The quantitative estimate of drug-likeness (QED) is 0.254. The van der Waals surface area contributed by atoms with Gasteiger partial charge in [0.1, 0.15) is 6.04 Å². The van der Waals surface area contributed by atoms with Crippen molar-refractivity contribution in [3.8, 4) is 0 Å². The number of carbonyl (C=O) groups is 2. The fourth-order valence-electron chi connectivity index (χ4n) is 2.76. The van der Waals surface area contributed by atoms with E-state index in [9.17, 15) is 9.59 Å². The van der Waals surface area contributed by atoms with Crippen molar-refractivity contribution < 1.29 is 14.7 Å². The Morgan fingerprint density at radius 2 is 1.25 bits per heavy atom. The molecule has 0 unspecified atom stereocenters. The van der Waals surface area contributed by atoms with Gasteiger partial charge in [0.05, 0.1) is 0 Å². The van der Waals surface area contributed by atoms with Crippen LogP contribution < -0.4 is 5.32 Å². The van der Waals surface area contributed by atoms with Crippen LogP contribution in [0, 0.1) is 0 Å². The lowest BCUT2D eigenvalue weighted by molar-refractivity contribution is -0.141. The molecule has 1 atom stereocenters. The number of amides is 1. The van der Waals surface area contributed by atoms with Gasteiger partial charge in [-0.05, 0) is 6.42 Å². The molecule has 1 amide bonds. The lowest BCUT2D eigenvalue weighted by atomic mass is 10.0. The zero-order chi connectivity index (χ0) is 18.0. The van der Waals surface area contributed by atoms with Crippen LogP contribution in [-0.2, 0) is 9.59 Å². The molecule has 0 spiro atoms. The summed E-state index contributed by atoms with van der Waals surface area (Å²) in [6, 6.07) is -0.872. The molecule has 0 radical (unpaired) electrons. The average Bonchev–Trinajstić information content (AvgIpc) is 2.56. The number of rotatable bonds is 17. The maximum atomic E-state index is 11.6. The monoisotopic (exact) mass is 359 g/mol. The lowest BCUT2D eigenvalue weighted by Gasteiger charge is -2.11. The molecule has 0 fully saturated rings. The molecule has 0 aromatic carbocycles. The smallest absolute Gasteiger partial charge is 0.327 e. The first kappa shape index (κ1) is 23.3. The third-order valence-corrected chi connectivity index (χ3v) is 4.69. The number of aliphatic carboxylic acids is 1. The van der Waals surface area contributed by atoms with E-state index in [1.165, 1.54) is 70.6 Å². The first-order valence-corrected chi connectivity index (χ1v) is 10.4. The zero-order valence-corrected chi connectivity index (χ0v) is 16.3. The van der Waals surface area contributed by atoms with Gasteiger partial charge in [-0.25, -0.2) is 4.79 Å². The number of hydrogen-bond donors (Lipinski definition) is 3. The van der Waals surface area contributed by atoms with E-state index >= 15 is 0 Å². The summed E-state index contributed by atoms with van der Waals surface area (Å²) in [5, 5.41) is 11.3. The van der Waals surface area contributed by atoms with Gasteiger partial charge >= 0.3 is 5.97 Å². The van der Waals surface area contributed by atoms with Crippen LogP contribution in [0.5, 0.6) is 0 Å². The highest BCUT2D eigenvalue weighted by molar-refractivity contribution is 7.80. The molecule has 0 aromatic rings. The molecule has 0 aliphatic rings. The van der Waals surface area contributed by atoms with E-state index in [1.807, 2.05) is 0 Å². The van der Waals surface area contributed by atoms with Crippen molar-refractivity contribution in [3.05, 3.63) is 0 Å². The molecule has 0 heterocycles. The Bertz CT molecular complexity index is 324. The summed E-state index contributed by atoms with van der Waals surface area (Å²) in [4.78, 5) is 22.4. The van der Waals surface area contributed by atoms with E-state index in [4.69, 9.17) is 5.11 Å². The normalized spacial score (nSPS) is 12.1. The second-order valence-corrected chi connectivity index (χ2v) is 7.00. The average molecular weight is 360 g/mol. The topological polar surface area (TPSA) is 66.4 Å². The Labute approximate surface area is 153 Å². The first-order valence-electron chi connectivity index (χ1n) is 9.74. The fourth-order valence-corrected chi connectivity index (χ4v) is 3.00. The van der Waals surface area contributed by atoms with Gasteiger partial charge in [-0.2, -0.15) is 12.6 Å². The standard InChI is InChI=1S/C19H37NO3S/c1-2-3-4-5-6-7-8-9-10-11-12-13-14-15-18(21)20-17(16-24)19(22)23/h17,24H,2-16H2,1H3,(H,20,21)(H,22,23)/t17-/m0/s1. The molecule has 0 saturated carbocycles. The van der Waals surface area contributed by atoms with E-state index in [0.717, 1.165) is 12.8 Å². The van der Waals surface area contributed by atoms with E-state index in [2.05, 4.69) is 24.9 Å². The van der Waals surface area contributed by atoms with Crippen molar-refractivity contribution in [1.29, 1.82) is 0 Å². The predicted molar refractivity (Wildman–Crippen MR) is 104 cm³/mol. The van der Waals surface area contributed by atoms with Crippen LogP contribution in [-0.4, -0.2) is 28.8 Å². The highest BCUT2D eigenvalue weighted by atomic mass is 32.1.